The number of benzene rings is 2. The van der Waals surface area contributed by atoms with Crippen LogP contribution in [-0.4, -0.2) is 13.2 Å². The van der Waals surface area contributed by atoms with Gasteiger partial charge in [0.2, 0.25) is 0 Å². The number of anilines is 1. The highest BCUT2D eigenvalue weighted by Gasteiger charge is 2.00. The maximum absolute atomic E-state index is 6.00. The molecule has 0 aliphatic carbocycles. The van der Waals surface area contributed by atoms with Gasteiger partial charge in [-0.15, -0.1) is 0 Å². The fraction of sp³-hybridized carbons (Fsp3) is 0.250. The molecule has 3 nitrogen and oxygen atoms in total. The molecule has 0 spiro atoms. The smallest absolute Gasteiger partial charge is 0.137 e. The molecule has 20 heavy (non-hydrogen) atoms. The molecule has 0 aliphatic rings. The number of hydrogen-bond acceptors (Lipinski definition) is 3. The molecule has 0 heterocycles. The summed E-state index contributed by atoms with van der Waals surface area (Å²) in [5.74, 6) is 1.49. The van der Waals surface area contributed by atoms with Crippen LogP contribution in [0.2, 0.25) is 5.02 Å². The van der Waals surface area contributed by atoms with E-state index in [-0.39, 0.29) is 0 Å². The molecule has 2 aromatic carbocycles. The number of nitrogens with two attached hydrogens (primary N) is 1. The van der Waals surface area contributed by atoms with Gasteiger partial charge in [0.15, 0.2) is 0 Å². The zero-order valence-corrected chi connectivity index (χ0v) is 12.2. The molecule has 0 radical (unpaired) electrons. The second-order valence-electron chi connectivity index (χ2n) is 4.50. The van der Waals surface area contributed by atoms with Crippen LogP contribution in [0.3, 0.4) is 0 Å². The third-order valence-corrected chi connectivity index (χ3v) is 3.21. The SMILES string of the molecule is Cc1ccc(OCCCOc2ccccc2Cl)cc1N. The van der Waals surface area contributed by atoms with Crippen molar-refractivity contribution < 1.29 is 9.47 Å². The molecule has 106 valence electrons. The predicted octanol–water partition coefficient (Wildman–Crippen LogP) is 4.08. The van der Waals surface area contributed by atoms with E-state index in [1.165, 1.54) is 0 Å². The highest BCUT2D eigenvalue weighted by atomic mass is 35.5. The van der Waals surface area contributed by atoms with Gasteiger partial charge in [0.05, 0.1) is 18.2 Å². The summed E-state index contributed by atoms with van der Waals surface area (Å²) >= 11 is 6.00. The number of hydrogen-bond donors (Lipinski definition) is 1. The van der Waals surface area contributed by atoms with E-state index >= 15 is 0 Å². The summed E-state index contributed by atoms with van der Waals surface area (Å²) in [5.41, 5.74) is 7.62. The molecular formula is C16H18ClNO2. The van der Waals surface area contributed by atoms with Gasteiger partial charge in [0.25, 0.3) is 0 Å². The molecule has 0 amide bonds. The average Bonchev–Trinajstić information content (AvgIpc) is 2.44. The molecule has 0 unspecified atom stereocenters. The second-order valence-corrected chi connectivity index (χ2v) is 4.91. The van der Waals surface area contributed by atoms with Crippen molar-refractivity contribution in [1.82, 2.24) is 0 Å². The van der Waals surface area contributed by atoms with Gasteiger partial charge in [0.1, 0.15) is 11.5 Å². The van der Waals surface area contributed by atoms with Crippen LogP contribution in [0.15, 0.2) is 42.5 Å². The van der Waals surface area contributed by atoms with E-state index in [4.69, 9.17) is 26.8 Å². The van der Waals surface area contributed by atoms with Gasteiger partial charge in [-0.3, -0.25) is 0 Å². The zero-order chi connectivity index (χ0) is 14.4. The lowest BCUT2D eigenvalue weighted by molar-refractivity contribution is 0.247. The lowest BCUT2D eigenvalue weighted by Gasteiger charge is -2.10. The van der Waals surface area contributed by atoms with Crippen molar-refractivity contribution in [2.45, 2.75) is 13.3 Å². The first kappa shape index (κ1) is 14.5. The number of rotatable bonds is 6. The summed E-state index contributed by atoms with van der Waals surface area (Å²) in [4.78, 5) is 0. The Kier molecular flexibility index (Phi) is 5.13. The van der Waals surface area contributed by atoms with Gasteiger partial charge < -0.3 is 15.2 Å². The lowest BCUT2D eigenvalue weighted by atomic mass is 10.2. The molecule has 0 aromatic heterocycles. The first-order chi connectivity index (χ1) is 9.66. The molecule has 0 aliphatic heterocycles. The van der Waals surface area contributed by atoms with Gasteiger partial charge in [-0.1, -0.05) is 29.8 Å². The van der Waals surface area contributed by atoms with Crippen molar-refractivity contribution in [1.29, 1.82) is 0 Å². The fourth-order valence-electron chi connectivity index (χ4n) is 1.70. The third kappa shape index (κ3) is 4.07. The molecule has 0 bridgehead atoms. The summed E-state index contributed by atoms with van der Waals surface area (Å²) in [5, 5.41) is 0.625. The Balaban J connectivity index is 1.71. The summed E-state index contributed by atoms with van der Waals surface area (Å²) in [6.45, 7) is 3.11. The van der Waals surface area contributed by atoms with E-state index < -0.39 is 0 Å². The number of para-hydroxylation sites is 1. The molecule has 0 saturated heterocycles. The van der Waals surface area contributed by atoms with Gasteiger partial charge in [-0.25, -0.2) is 0 Å². The molecule has 2 rings (SSSR count). The Labute approximate surface area is 124 Å². The molecule has 0 saturated carbocycles. The molecule has 2 aromatic rings. The minimum Gasteiger partial charge on any atom is -0.493 e. The molecule has 0 fully saturated rings. The Morgan fingerprint density at radius 2 is 1.80 bits per heavy atom. The maximum Gasteiger partial charge on any atom is 0.137 e. The van der Waals surface area contributed by atoms with Crippen molar-refractivity contribution >= 4 is 17.3 Å². The van der Waals surface area contributed by atoms with Crippen LogP contribution in [-0.2, 0) is 0 Å². The number of nitrogen functional groups attached to an aromatic ring is 1. The molecule has 0 atom stereocenters. The van der Waals surface area contributed by atoms with E-state index in [0.717, 1.165) is 23.4 Å². The maximum atomic E-state index is 6.00. The van der Waals surface area contributed by atoms with Crippen LogP contribution in [0.4, 0.5) is 5.69 Å². The van der Waals surface area contributed by atoms with Gasteiger partial charge in [-0.05, 0) is 30.7 Å². The third-order valence-electron chi connectivity index (χ3n) is 2.90. The summed E-state index contributed by atoms with van der Waals surface area (Å²) in [6, 6.07) is 13.1. The number of ether oxygens (including phenoxy) is 2. The average molecular weight is 292 g/mol. The monoisotopic (exact) mass is 291 g/mol. The lowest BCUT2D eigenvalue weighted by Crippen LogP contribution is -2.05. The summed E-state index contributed by atoms with van der Waals surface area (Å²) < 4.78 is 11.2. The minimum atomic E-state index is 0.561. The quantitative estimate of drug-likeness (QED) is 0.644. The van der Waals surface area contributed by atoms with Crippen molar-refractivity contribution in [3.63, 3.8) is 0 Å². The van der Waals surface area contributed by atoms with E-state index in [1.807, 2.05) is 49.4 Å². The van der Waals surface area contributed by atoms with Crippen LogP contribution in [0, 0.1) is 6.92 Å². The van der Waals surface area contributed by atoms with E-state index in [1.54, 1.807) is 0 Å². The van der Waals surface area contributed by atoms with Crippen LogP contribution >= 0.6 is 11.6 Å². The van der Waals surface area contributed by atoms with Gasteiger partial charge in [0, 0.05) is 18.2 Å². The van der Waals surface area contributed by atoms with Gasteiger partial charge >= 0.3 is 0 Å². The Bertz CT molecular complexity index is 572. The largest absolute Gasteiger partial charge is 0.493 e. The second kappa shape index (κ2) is 7.06. The normalized spacial score (nSPS) is 10.3. The molecule has 2 N–H and O–H groups in total. The highest BCUT2D eigenvalue weighted by molar-refractivity contribution is 6.32. The van der Waals surface area contributed by atoms with E-state index in [9.17, 15) is 0 Å². The summed E-state index contributed by atoms with van der Waals surface area (Å²) in [6.07, 6.45) is 0.777. The molecule has 4 heteroatoms. The first-order valence-electron chi connectivity index (χ1n) is 6.53. The van der Waals surface area contributed by atoms with Crippen molar-refractivity contribution in [3.05, 3.63) is 53.1 Å². The molecular weight excluding hydrogens is 274 g/mol. The van der Waals surface area contributed by atoms with E-state index in [0.29, 0.717) is 24.0 Å². The number of halogens is 1. The topological polar surface area (TPSA) is 44.5 Å². The zero-order valence-electron chi connectivity index (χ0n) is 11.4. The van der Waals surface area contributed by atoms with Crippen LogP contribution < -0.4 is 15.2 Å². The first-order valence-corrected chi connectivity index (χ1v) is 6.91. The van der Waals surface area contributed by atoms with Crippen LogP contribution in [0.5, 0.6) is 11.5 Å². The number of aryl methyl sites for hydroxylation is 1. The predicted molar refractivity (Wildman–Crippen MR) is 82.7 cm³/mol. The van der Waals surface area contributed by atoms with Crippen molar-refractivity contribution in [2.75, 3.05) is 18.9 Å². The van der Waals surface area contributed by atoms with E-state index in [2.05, 4.69) is 0 Å². The Hall–Kier alpha value is -1.87. The van der Waals surface area contributed by atoms with Crippen LogP contribution in [0.25, 0.3) is 0 Å². The van der Waals surface area contributed by atoms with Crippen LogP contribution in [0.1, 0.15) is 12.0 Å². The van der Waals surface area contributed by atoms with Crippen molar-refractivity contribution in [3.8, 4) is 11.5 Å². The highest BCUT2D eigenvalue weighted by Crippen LogP contribution is 2.23. The Morgan fingerprint density at radius 3 is 2.55 bits per heavy atom. The minimum absolute atomic E-state index is 0.561. The standard InChI is InChI=1S/C16H18ClNO2/c1-12-7-8-13(11-15(12)18)19-9-4-10-20-16-6-3-2-5-14(16)17/h2-3,5-8,11H,4,9-10,18H2,1H3. The Morgan fingerprint density at radius 1 is 1.05 bits per heavy atom. The fourth-order valence-corrected chi connectivity index (χ4v) is 1.89. The van der Waals surface area contributed by atoms with Crippen molar-refractivity contribution in [2.24, 2.45) is 0 Å². The van der Waals surface area contributed by atoms with Gasteiger partial charge in [-0.2, -0.15) is 0 Å². The summed E-state index contributed by atoms with van der Waals surface area (Å²) in [7, 11) is 0.